The van der Waals surface area contributed by atoms with Gasteiger partial charge in [0.05, 0.1) is 37.6 Å². The Morgan fingerprint density at radius 2 is 0.892 bits per heavy atom. The SMILES string of the molecule is C=CC(=O)OCCCCCCOc1ccc(C(=O)Oc2ccc(OC(=O)c3ccc(OCCCCCCCCOC(=O)CCc4cc(C(C)(C)C)c(O)c(C(C)(C)C)c4)cc3)cc2)cc1. The van der Waals surface area contributed by atoms with Crippen LogP contribution >= 0.6 is 0 Å². The molecular weight excluding hydrogens is 825 g/mol. The van der Waals surface area contributed by atoms with Gasteiger partial charge in [-0.1, -0.05) is 85.9 Å². The number of esters is 4. The number of aryl methyl sites for hydroxylation is 1. The zero-order valence-electron chi connectivity index (χ0n) is 39.2. The lowest BCUT2D eigenvalue weighted by Gasteiger charge is -2.28. The Morgan fingerprint density at radius 3 is 1.29 bits per heavy atom. The largest absolute Gasteiger partial charge is 0.507 e. The Kier molecular flexibility index (Phi) is 20.6. The summed E-state index contributed by atoms with van der Waals surface area (Å²) in [4.78, 5) is 49.0. The molecule has 0 radical (unpaired) electrons. The van der Waals surface area contributed by atoms with Crippen LogP contribution in [0.15, 0.2) is 97.6 Å². The van der Waals surface area contributed by atoms with Crippen molar-refractivity contribution in [3.63, 3.8) is 0 Å². The number of carbonyl (C=O) groups excluding carboxylic acids is 4. The van der Waals surface area contributed by atoms with Crippen LogP contribution in [0.5, 0.6) is 28.7 Å². The highest BCUT2D eigenvalue weighted by Gasteiger charge is 2.26. The van der Waals surface area contributed by atoms with Gasteiger partial charge in [-0.3, -0.25) is 4.79 Å². The molecule has 0 heterocycles. The molecule has 4 aromatic carbocycles. The molecule has 0 atom stereocenters. The molecule has 0 aliphatic heterocycles. The third kappa shape index (κ3) is 18.5. The van der Waals surface area contributed by atoms with Crippen LogP contribution in [0.3, 0.4) is 0 Å². The van der Waals surface area contributed by atoms with Gasteiger partial charge >= 0.3 is 23.9 Å². The molecule has 11 heteroatoms. The Balaban J connectivity index is 1.04. The first-order valence-corrected chi connectivity index (χ1v) is 22.9. The summed E-state index contributed by atoms with van der Waals surface area (Å²) in [6.45, 7) is 17.8. The number of phenolic OH excluding ortho intramolecular Hbond substituents is 1. The average Bonchev–Trinajstić information content (AvgIpc) is 3.27. The van der Waals surface area contributed by atoms with Crippen molar-refractivity contribution in [2.24, 2.45) is 0 Å². The van der Waals surface area contributed by atoms with E-state index < -0.39 is 17.9 Å². The number of unbranched alkanes of at least 4 members (excludes halogenated alkanes) is 8. The minimum Gasteiger partial charge on any atom is -0.507 e. The van der Waals surface area contributed by atoms with Crippen LogP contribution in [0.2, 0.25) is 0 Å². The third-order valence-corrected chi connectivity index (χ3v) is 10.6. The molecule has 11 nitrogen and oxygen atoms in total. The van der Waals surface area contributed by atoms with Crippen molar-refractivity contribution in [2.45, 2.75) is 129 Å². The lowest BCUT2D eigenvalue weighted by Crippen LogP contribution is -2.18. The lowest BCUT2D eigenvalue weighted by atomic mass is 9.78. The van der Waals surface area contributed by atoms with Gasteiger partial charge in [-0.15, -0.1) is 0 Å². The second-order valence-electron chi connectivity index (χ2n) is 18.2. The highest BCUT2D eigenvalue weighted by molar-refractivity contribution is 5.92. The van der Waals surface area contributed by atoms with E-state index in [2.05, 4.69) is 48.1 Å². The molecule has 4 rings (SSSR count). The zero-order chi connectivity index (χ0) is 47.2. The first-order valence-electron chi connectivity index (χ1n) is 22.9. The van der Waals surface area contributed by atoms with Gasteiger partial charge in [0, 0.05) is 12.5 Å². The molecule has 0 saturated carbocycles. The Labute approximate surface area is 385 Å². The normalized spacial score (nSPS) is 11.4. The van der Waals surface area contributed by atoms with E-state index in [1.54, 1.807) is 72.8 Å². The first kappa shape index (κ1) is 51.5. The van der Waals surface area contributed by atoms with Crippen molar-refractivity contribution >= 4 is 23.9 Å². The maximum atomic E-state index is 12.8. The van der Waals surface area contributed by atoms with Crippen LogP contribution in [-0.4, -0.2) is 55.4 Å². The molecule has 0 bridgehead atoms. The first-order chi connectivity index (χ1) is 31.0. The minimum atomic E-state index is -0.530. The van der Waals surface area contributed by atoms with E-state index in [4.69, 9.17) is 28.4 Å². The van der Waals surface area contributed by atoms with Gasteiger partial charge in [-0.2, -0.15) is 0 Å². The van der Waals surface area contributed by atoms with Crippen LogP contribution in [0.4, 0.5) is 0 Å². The fraction of sp³-hybridized carbons (Fsp3) is 0.444. The van der Waals surface area contributed by atoms with Crippen molar-refractivity contribution in [1.82, 2.24) is 0 Å². The van der Waals surface area contributed by atoms with Crippen molar-refractivity contribution in [3.05, 3.63) is 125 Å². The number of hydrogen-bond donors (Lipinski definition) is 1. The molecule has 4 aromatic rings. The third-order valence-electron chi connectivity index (χ3n) is 10.6. The predicted molar refractivity (Wildman–Crippen MR) is 252 cm³/mol. The summed E-state index contributed by atoms with van der Waals surface area (Å²) >= 11 is 0. The van der Waals surface area contributed by atoms with Gasteiger partial charge in [0.2, 0.25) is 0 Å². The van der Waals surface area contributed by atoms with Crippen LogP contribution < -0.4 is 18.9 Å². The molecule has 0 aliphatic carbocycles. The summed E-state index contributed by atoms with van der Waals surface area (Å²) < 4.78 is 33.1. The number of phenols is 1. The number of ether oxygens (including phenoxy) is 6. The van der Waals surface area contributed by atoms with E-state index in [0.717, 1.165) is 87.0 Å². The Bertz CT molecular complexity index is 2090. The molecule has 65 heavy (non-hydrogen) atoms. The molecular formula is C54H68O11. The lowest BCUT2D eigenvalue weighted by molar-refractivity contribution is -0.143. The Morgan fingerprint density at radius 1 is 0.523 bits per heavy atom. The van der Waals surface area contributed by atoms with Gasteiger partial charge in [-0.25, -0.2) is 14.4 Å². The van der Waals surface area contributed by atoms with E-state index in [1.807, 2.05) is 12.1 Å². The fourth-order valence-electron chi connectivity index (χ4n) is 6.85. The van der Waals surface area contributed by atoms with E-state index in [9.17, 15) is 24.3 Å². The van der Waals surface area contributed by atoms with E-state index >= 15 is 0 Å². The average molecular weight is 893 g/mol. The number of rotatable bonds is 26. The van der Waals surface area contributed by atoms with Crippen LogP contribution in [0, 0.1) is 0 Å². The molecule has 0 fully saturated rings. The molecule has 350 valence electrons. The number of hydrogen-bond acceptors (Lipinski definition) is 11. The van der Waals surface area contributed by atoms with E-state index in [1.165, 1.54) is 0 Å². The Hall–Kier alpha value is -6.10. The van der Waals surface area contributed by atoms with Crippen molar-refractivity contribution in [1.29, 1.82) is 0 Å². The molecule has 0 spiro atoms. The van der Waals surface area contributed by atoms with E-state index in [-0.39, 0.29) is 16.8 Å². The van der Waals surface area contributed by atoms with Crippen molar-refractivity contribution < 1.29 is 52.7 Å². The van der Waals surface area contributed by atoms with Crippen molar-refractivity contribution in [2.75, 3.05) is 26.4 Å². The fourth-order valence-corrected chi connectivity index (χ4v) is 6.85. The monoisotopic (exact) mass is 892 g/mol. The highest BCUT2D eigenvalue weighted by Crippen LogP contribution is 2.40. The maximum Gasteiger partial charge on any atom is 0.343 e. The smallest absolute Gasteiger partial charge is 0.343 e. The van der Waals surface area contributed by atoms with Gasteiger partial charge < -0.3 is 33.5 Å². The number of aromatic hydroxyl groups is 1. The molecule has 0 amide bonds. The topological polar surface area (TPSA) is 144 Å². The van der Waals surface area contributed by atoms with E-state index in [0.29, 0.717) is 79.1 Å². The summed E-state index contributed by atoms with van der Waals surface area (Å²) in [6, 6.07) is 23.8. The predicted octanol–water partition coefficient (Wildman–Crippen LogP) is 12.0. The summed E-state index contributed by atoms with van der Waals surface area (Å²) in [6.07, 6.45) is 11.4. The maximum absolute atomic E-state index is 12.8. The van der Waals surface area contributed by atoms with Gasteiger partial charge in [0.15, 0.2) is 0 Å². The number of benzene rings is 4. The molecule has 0 aromatic heterocycles. The minimum absolute atomic E-state index is 0.197. The number of carbonyl (C=O) groups is 4. The van der Waals surface area contributed by atoms with Gasteiger partial charge in [0.25, 0.3) is 0 Å². The second kappa shape index (κ2) is 26.0. The summed E-state index contributed by atoms with van der Waals surface area (Å²) in [7, 11) is 0. The molecule has 1 N–H and O–H groups in total. The summed E-state index contributed by atoms with van der Waals surface area (Å²) in [5, 5.41) is 11.0. The molecule has 0 unspecified atom stereocenters. The van der Waals surface area contributed by atoms with Crippen LogP contribution in [0.1, 0.15) is 150 Å². The van der Waals surface area contributed by atoms with Crippen LogP contribution in [-0.2, 0) is 36.3 Å². The summed E-state index contributed by atoms with van der Waals surface area (Å²) in [5.74, 6) is 0.609. The second-order valence-corrected chi connectivity index (χ2v) is 18.2. The summed E-state index contributed by atoms with van der Waals surface area (Å²) in [5.41, 5.74) is 3.14. The standard InChI is InChI=1S/C54H68O11/c1-8-48(55)62-35-18-14-13-16-34-61-43-26-22-41(23-27-43)52(59)65-45-30-28-44(29-31-45)64-51(58)40-20-24-42(25-21-40)60-33-15-11-9-10-12-17-36-63-49(56)32-19-39-37-46(53(2,3)4)50(57)47(38-39)54(5,6)7/h8,20-31,37-38,57H,1,9-19,32-36H2,2-7H3. The highest BCUT2D eigenvalue weighted by atomic mass is 16.5. The van der Waals surface area contributed by atoms with Gasteiger partial charge in [-0.05, 0) is 145 Å². The van der Waals surface area contributed by atoms with Crippen LogP contribution in [0.25, 0.3) is 0 Å². The van der Waals surface area contributed by atoms with Gasteiger partial charge in [0.1, 0.15) is 28.7 Å². The zero-order valence-corrected chi connectivity index (χ0v) is 39.2. The molecule has 0 saturated heterocycles. The quantitative estimate of drug-likeness (QED) is 0.0278. The molecule has 0 aliphatic rings. The van der Waals surface area contributed by atoms with Crippen molar-refractivity contribution in [3.8, 4) is 28.7 Å².